The largest absolute Gasteiger partial charge is 0.324 e. The summed E-state index contributed by atoms with van der Waals surface area (Å²) in [5.74, 6) is -0.130. The summed E-state index contributed by atoms with van der Waals surface area (Å²) in [6, 6.07) is 9.76. The van der Waals surface area contributed by atoms with Gasteiger partial charge in [-0.25, -0.2) is 5.06 Å². The molecular formula is C15H24NO3P. The minimum atomic E-state index is -2.04. The van der Waals surface area contributed by atoms with Crippen LogP contribution in [0.3, 0.4) is 0 Å². The first kappa shape index (κ1) is 16.9. The maximum Gasteiger partial charge on any atom is 0.243 e. The number of hydrogen-bond donors (Lipinski definition) is 0. The van der Waals surface area contributed by atoms with Crippen molar-refractivity contribution in [3.05, 3.63) is 35.9 Å². The third-order valence-electron chi connectivity index (χ3n) is 2.96. The lowest BCUT2D eigenvalue weighted by atomic mass is 10.1. The third kappa shape index (κ3) is 6.36. The van der Waals surface area contributed by atoms with E-state index in [1.165, 1.54) is 12.0 Å². The van der Waals surface area contributed by atoms with Gasteiger partial charge in [0.05, 0.1) is 7.14 Å². The molecule has 1 atom stereocenters. The molecule has 0 aliphatic heterocycles. The highest BCUT2D eigenvalue weighted by Gasteiger charge is 2.16. The Kier molecular flexibility index (Phi) is 6.44. The van der Waals surface area contributed by atoms with Crippen molar-refractivity contribution in [1.29, 1.82) is 0 Å². The van der Waals surface area contributed by atoms with E-state index < -0.39 is 7.14 Å². The van der Waals surface area contributed by atoms with Crippen molar-refractivity contribution in [1.82, 2.24) is 5.06 Å². The van der Waals surface area contributed by atoms with Crippen molar-refractivity contribution >= 4 is 13.0 Å². The molecule has 0 aromatic heterocycles. The quantitative estimate of drug-likeness (QED) is 0.571. The number of nitrogens with zero attached hydrogens (tertiary/aromatic N) is 1. The van der Waals surface area contributed by atoms with E-state index in [1.807, 2.05) is 37.3 Å². The van der Waals surface area contributed by atoms with E-state index in [2.05, 4.69) is 0 Å². The molecule has 0 N–H and O–H groups in total. The van der Waals surface area contributed by atoms with Gasteiger partial charge < -0.3 is 4.57 Å². The first-order valence-corrected chi connectivity index (χ1v) is 9.62. The van der Waals surface area contributed by atoms with Crippen LogP contribution >= 0.6 is 7.14 Å². The zero-order valence-corrected chi connectivity index (χ0v) is 13.6. The number of amides is 1. The molecule has 0 aliphatic carbocycles. The Hall–Kier alpha value is -1.12. The lowest BCUT2D eigenvalue weighted by molar-refractivity contribution is -0.203. The lowest BCUT2D eigenvalue weighted by Gasteiger charge is -2.25. The Labute approximate surface area is 121 Å². The van der Waals surface area contributed by atoms with Crippen LogP contribution in [-0.2, 0) is 14.2 Å². The van der Waals surface area contributed by atoms with Crippen LogP contribution in [0, 0.1) is 0 Å². The van der Waals surface area contributed by atoms with Crippen LogP contribution < -0.4 is 0 Å². The fourth-order valence-corrected chi connectivity index (χ4v) is 2.76. The lowest BCUT2D eigenvalue weighted by Crippen LogP contribution is -2.31. The Morgan fingerprint density at radius 2 is 1.90 bits per heavy atom. The molecule has 1 aromatic rings. The molecule has 0 saturated carbocycles. The normalized spacial score (nSPS) is 13.0. The molecule has 0 fully saturated rings. The third-order valence-corrected chi connectivity index (χ3v) is 4.36. The van der Waals surface area contributed by atoms with Crippen LogP contribution in [0.25, 0.3) is 0 Å². The molecule has 0 saturated heterocycles. The molecule has 20 heavy (non-hydrogen) atoms. The standard InChI is InChI=1S/C15H24NO3P/c1-13(15-9-6-5-7-10-15)19-16(14(2)17)11-8-12-20(3,4)18/h5-7,9-10,13H,8,11-12H2,1-4H3. The van der Waals surface area contributed by atoms with Crippen molar-refractivity contribution in [2.45, 2.75) is 26.4 Å². The molecule has 0 radical (unpaired) electrons. The van der Waals surface area contributed by atoms with Crippen LogP contribution in [0.2, 0.25) is 0 Å². The highest BCUT2D eigenvalue weighted by molar-refractivity contribution is 7.62. The second-order valence-electron chi connectivity index (χ2n) is 5.43. The van der Waals surface area contributed by atoms with E-state index in [4.69, 9.17) is 4.84 Å². The van der Waals surface area contributed by atoms with Crippen molar-refractivity contribution < 1.29 is 14.2 Å². The zero-order valence-electron chi connectivity index (χ0n) is 12.7. The maximum absolute atomic E-state index is 11.7. The average Bonchev–Trinajstić information content (AvgIpc) is 2.37. The van der Waals surface area contributed by atoms with E-state index in [0.29, 0.717) is 19.1 Å². The fourth-order valence-electron chi connectivity index (χ4n) is 1.86. The molecular weight excluding hydrogens is 273 g/mol. The zero-order chi connectivity index (χ0) is 15.2. The summed E-state index contributed by atoms with van der Waals surface area (Å²) in [7, 11) is -2.04. The van der Waals surface area contributed by atoms with Crippen LogP contribution in [-0.4, -0.2) is 37.0 Å². The van der Waals surface area contributed by atoms with Gasteiger partial charge in [0, 0.05) is 19.6 Å². The number of hydroxylamine groups is 2. The van der Waals surface area contributed by atoms with Crippen LogP contribution in [0.4, 0.5) is 0 Å². The van der Waals surface area contributed by atoms with Crippen LogP contribution in [0.1, 0.15) is 31.9 Å². The molecule has 0 heterocycles. The Bertz CT molecular complexity index is 469. The minimum Gasteiger partial charge on any atom is -0.324 e. The van der Waals surface area contributed by atoms with Gasteiger partial charge in [0.2, 0.25) is 5.91 Å². The van der Waals surface area contributed by atoms with Gasteiger partial charge in [-0.05, 0) is 32.2 Å². The van der Waals surface area contributed by atoms with E-state index >= 15 is 0 Å². The highest BCUT2D eigenvalue weighted by atomic mass is 31.2. The number of carbonyl (C=O) groups is 1. The summed E-state index contributed by atoms with van der Waals surface area (Å²) in [4.78, 5) is 17.3. The van der Waals surface area contributed by atoms with Crippen molar-refractivity contribution in [2.24, 2.45) is 0 Å². The second kappa shape index (κ2) is 7.61. The van der Waals surface area contributed by atoms with Crippen LogP contribution in [0.5, 0.6) is 0 Å². The molecule has 0 aliphatic rings. The van der Waals surface area contributed by atoms with Gasteiger partial charge in [0.1, 0.15) is 6.10 Å². The Balaban J connectivity index is 2.55. The SMILES string of the molecule is CC(=O)N(CCCP(C)(C)=O)OC(C)c1ccccc1. The number of carbonyl (C=O) groups excluding carboxylic acids is 1. The molecule has 1 rings (SSSR count). The molecule has 0 bridgehead atoms. The van der Waals surface area contributed by atoms with Gasteiger partial charge in [-0.3, -0.25) is 9.63 Å². The average molecular weight is 297 g/mol. The van der Waals surface area contributed by atoms with E-state index in [0.717, 1.165) is 5.56 Å². The van der Waals surface area contributed by atoms with Gasteiger partial charge >= 0.3 is 0 Å². The van der Waals surface area contributed by atoms with Gasteiger partial charge in [0.25, 0.3) is 0 Å². The summed E-state index contributed by atoms with van der Waals surface area (Å²) in [5.41, 5.74) is 1.02. The van der Waals surface area contributed by atoms with Gasteiger partial charge in [-0.2, -0.15) is 0 Å². The molecule has 1 amide bonds. The van der Waals surface area contributed by atoms with Gasteiger partial charge in [0.15, 0.2) is 0 Å². The number of rotatable bonds is 7. The molecule has 4 nitrogen and oxygen atoms in total. The van der Waals surface area contributed by atoms with Gasteiger partial charge in [-0.15, -0.1) is 0 Å². The smallest absolute Gasteiger partial charge is 0.243 e. The van der Waals surface area contributed by atoms with E-state index in [-0.39, 0.29) is 12.0 Å². The second-order valence-corrected chi connectivity index (χ2v) is 9.03. The van der Waals surface area contributed by atoms with Crippen molar-refractivity contribution in [3.63, 3.8) is 0 Å². The summed E-state index contributed by atoms with van der Waals surface area (Å²) in [6.07, 6.45) is 1.13. The summed E-state index contributed by atoms with van der Waals surface area (Å²) < 4.78 is 11.7. The fraction of sp³-hybridized carbons (Fsp3) is 0.533. The first-order valence-electron chi connectivity index (χ1n) is 6.83. The van der Waals surface area contributed by atoms with Gasteiger partial charge in [-0.1, -0.05) is 30.3 Å². The Morgan fingerprint density at radius 1 is 1.30 bits per heavy atom. The highest BCUT2D eigenvalue weighted by Crippen LogP contribution is 2.36. The number of benzene rings is 1. The summed E-state index contributed by atoms with van der Waals surface area (Å²) in [5, 5.41) is 1.37. The summed E-state index contributed by atoms with van der Waals surface area (Å²) in [6.45, 7) is 7.39. The molecule has 1 aromatic carbocycles. The van der Waals surface area contributed by atoms with E-state index in [1.54, 1.807) is 13.3 Å². The molecule has 1 unspecified atom stereocenters. The molecule has 0 spiro atoms. The van der Waals surface area contributed by atoms with E-state index in [9.17, 15) is 9.36 Å². The summed E-state index contributed by atoms with van der Waals surface area (Å²) >= 11 is 0. The van der Waals surface area contributed by atoms with Crippen molar-refractivity contribution in [2.75, 3.05) is 26.0 Å². The van der Waals surface area contributed by atoms with Crippen molar-refractivity contribution in [3.8, 4) is 0 Å². The molecule has 5 heteroatoms. The Morgan fingerprint density at radius 3 is 2.40 bits per heavy atom. The number of hydrogen-bond acceptors (Lipinski definition) is 3. The minimum absolute atomic E-state index is 0.130. The predicted octanol–water partition coefficient (Wildman–Crippen LogP) is 3.54. The predicted molar refractivity (Wildman–Crippen MR) is 82.3 cm³/mol. The van der Waals surface area contributed by atoms with Crippen LogP contribution in [0.15, 0.2) is 30.3 Å². The maximum atomic E-state index is 11.7. The topological polar surface area (TPSA) is 46.6 Å². The molecule has 112 valence electrons. The first-order chi connectivity index (χ1) is 9.29. The monoisotopic (exact) mass is 297 g/mol.